The molecule has 0 bridgehead atoms. The van der Waals surface area contributed by atoms with Gasteiger partial charge in [0, 0.05) is 24.1 Å². The van der Waals surface area contributed by atoms with Crippen LogP contribution in [0, 0.1) is 5.92 Å². The third-order valence-corrected chi connectivity index (χ3v) is 6.31. The van der Waals surface area contributed by atoms with Gasteiger partial charge in [-0.05, 0) is 38.5 Å². The van der Waals surface area contributed by atoms with Gasteiger partial charge in [-0.3, -0.25) is 9.89 Å². The molecular weight excluding hydrogens is 385 g/mol. The summed E-state index contributed by atoms with van der Waals surface area (Å²) in [5.74, 6) is 0.363. The quantitative estimate of drug-likeness (QED) is 0.815. The van der Waals surface area contributed by atoms with E-state index < -0.39 is 17.7 Å². The Hall–Kier alpha value is -2.42. The summed E-state index contributed by atoms with van der Waals surface area (Å²) in [5, 5.41) is 17.0. The second kappa shape index (κ2) is 6.83. The highest BCUT2D eigenvalue weighted by atomic mass is 19.4. The van der Waals surface area contributed by atoms with E-state index >= 15 is 0 Å². The number of amides is 1. The highest BCUT2D eigenvalue weighted by Gasteiger charge is 2.58. The van der Waals surface area contributed by atoms with Crippen LogP contribution in [0.15, 0.2) is 30.3 Å². The minimum atomic E-state index is -4.99. The minimum Gasteiger partial charge on any atom is -0.373 e. The van der Waals surface area contributed by atoms with Crippen LogP contribution in [0.1, 0.15) is 38.4 Å². The third-order valence-electron chi connectivity index (χ3n) is 6.31. The summed E-state index contributed by atoms with van der Waals surface area (Å²) in [7, 11) is 0. The van der Waals surface area contributed by atoms with E-state index in [-0.39, 0.29) is 24.4 Å². The number of likely N-dealkylation sites (tertiary alicyclic amines) is 1. The smallest absolute Gasteiger partial charge is 0.373 e. The van der Waals surface area contributed by atoms with E-state index in [1.807, 2.05) is 30.3 Å². The summed E-state index contributed by atoms with van der Waals surface area (Å²) in [5.41, 5.74) is -2.59. The van der Waals surface area contributed by atoms with Gasteiger partial charge in [0.2, 0.25) is 5.60 Å². The van der Waals surface area contributed by atoms with E-state index in [9.17, 15) is 23.1 Å². The highest BCUT2D eigenvalue weighted by molar-refractivity contribution is 5.85. The number of benzene rings is 1. The van der Waals surface area contributed by atoms with Crippen LogP contribution in [-0.2, 0) is 10.2 Å². The second-order valence-corrected chi connectivity index (χ2v) is 8.17. The monoisotopic (exact) mass is 408 g/mol. The van der Waals surface area contributed by atoms with Gasteiger partial charge in [0.05, 0.1) is 0 Å². The lowest BCUT2D eigenvalue weighted by Crippen LogP contribution is -2.57. The number of carbonyl (C=O) groups excluding carboxylic acids is 1. The van der Waals surface area contributed by atoms with Crippen LogP contribution in [0.4, 0.5) is 13.2 Å². The van der Waals surface area contributed by atoms with E-state index in [4.69, 9.17) is 0 Å². The molecule has 0 unspecified atom stereocenters. The summed E-state index contributed by atoms with van der Waals surface area (Å²) in [4.78, 5) is 18.0. The van der Waals surface area contributed by atoms with E-state index in [1.165, 1.54) is 0 Å². The number of halogens is 3. The van der Waals surface area contributed by atoms with Crippen molar-refractivity contribution in [3.8, 4) is 11.4 Å². The molecule has 1 aliphatic heterocycles. The number of rotatable bonds is 4. The Labute approximate surface area is 166 Å². The number of aromatic amines is 1. The van der Waals surface area contributed by atoms with Crippen molar-refractivity contribution >= 4 is 5.91 Å². The van der Waals surface area contributed by atoms with Crippen molar-refractivity contribution in [2.45, 2.75) is 49.8 Å². The molecule has 1 aromatic heterocycles. The number of aliphatic hydroxyl groups is 1. The fraction of sp³-hybridized carbons (Fsp3) is 0.550. The van der Waals surface area contributed by atoms with Crippen molar-refractivity contribution in [3.63, 3.8) is 0 Å². The second-order valence-electron chi connectivity index (χ2n) is 8.17. The molecule has 0 radical (unpaired) electrons. The molecule has 2 aliphatic rings. The Morgan fingerprint density at radius 1 is 1.21 bits per heavy atom. The number of carbonyl (C=O) groups is 1. The van der Waals surface area contributed by atoms with Gasteiger partial charge in [0.15, 0.2) is 5.82 Å². The standard InChI is InChI=1S/C20H23F3N4O2/c1-18(29,20(21,22)23)17(28)27-11-7-14(8-12-27)19(9-10-19)16-24-15(25-26-16)13-5-3-2-4-6-13/h2-6,14,29H,7-12H2,1H3,(H,24,25,26)/t18-/m1/s1. The van der Waals surface area contributed by atoms with Crippen LogP contribution >= 0.6 is 0 Å². The fourth-order valence-electron chi connectivity index (χ4n) is 4.24. The van der Waals surface area contributed by atoms with Gasteiger partial charge in [-0.1, -0.05) is 30.3 Å². The molecule has 156 valence electrons. The van der Waals surface area contributed by atoms with Gasteiger partial charge in [-0.15, -0.1) is 0 Å². The van der Waals surface area contributed by atoms with Gasteiger partial charge < -0.3 is 10.0 Å². The predicted molar refractivity (Wildman–Crippen MR) is 98.7 cm³/mol. The van der Waals surface area contributed by atoms with Crippen molar-refractivity contribution in [2.24, 2.45) is 5.92 Å². The van der Waals surface area contributed by atoms with Gasteiger partial charge in [-0.25, -0.2) is 4.98 Å². The van der Waals surface area contributed by atoms with Crippen molar-refractivity contribution in [3.05, 3.63) is 36.2 Å². The first-order valence-electron chi connectivity index (χ1n) is 9.72. The Balaban J connectivity index is 1.44. The van der Waals surface area contributed by atoms with Crippen molar-refractivity contribution in [1.82, 2.24) is 20.1 Å². The topological polar surface area (TPSA) is 82.1 Å². The van der Waals surface area contributed by atoms with Crippen LogP contribution in [0.5, 0.6) is 0 Å². The summed E-state index contributed by atoms with van der Waals surface area (Å²) < 4.78 is 38.9. The highest BCUT2D eigenvalue weighted by Crippen LogP contribution is 2.56. The first kappa shape index (κ1) is 19.9. The van der Waals surface area contributed by atoms with Gasteiger partial charge in [0.1, 0.15) is 5.82 Å². The zero-order valence-corrected chi connectivity index (χ0v) is 16.0. The first-order valence-corrected chi connectivity index (χ1v) is 9.72. The molecule has 4 rings (SSSR count). The Morgan fingerprint density at radius 2 is 1.83 bits per heavy atom. The van der Waals surface area contributed by atoms with Crippen molar-refractivity contribution < 1.29 is 23.1 Å². The third kappa shape index (κ3) is 3.41. The Kier molecular flexibility index (Phi) is 4.68. The summed E-state index contributed by atoms with van der Waals surface area (Å²) >= 11 is 0. The number of nitrogens with zero attached hydrogens (tertiary/aromatic N) is 3. The lowest BCUT2D eigenvalue weighted by molar-refractivity contribution is -0.250. The molecule has 1 aromatic carbocycles. The molecule has 1 atom stereocenters. The van der Waals surface area contributed by atoms with Crippen LogP contribution in [-0.4, -0.2) is 56.0 Å². The maximum absolute atomic E-state index is 13.0. The molecule has 1 amide bonds. The lowest BCUT2D eigenvalue weighted by atomic mass is 9.80. The largest absolute Gasteiger partial charge is 0.426 e. The van der Waals surface area contributed by atoms with Crippen LogP contribution < -0.4 is 0 Å². The number of nitrogens with one attached hydrogen (secondary N) is 1. The van der Waals surface area contributed by atoms with E-state index in [0.717, 1.165) is 29.1 Å². The lowest BCUT2D eigenvalue weighted by Gasteiger charge is -2.38. The zero-order chi connectivity index (χ0) is 20.9. The number of hydrogen-bond donors (Lipinski definition) is 2. The average molecular weight is 408 g/mol. The molecule has 6 nitrogen and oxygen atoms in total. The Morgan fingerprint density at radius 3 is 2.38 bits per heavy atom. The summed E-state index contributed by atoms with van der Waals surface area (Å²) in [6, 6.07) is 9.62. The molecule has 2 aromatic rings. The number of piperidine rings is 1. The Bertz CT molecular complexity index is 883. The summed E-state index contributed by atoms with van der Waals surface area (Å²) in [6.45, 7) is 0.901. The normalized spacial score (nSPS) is 21.6. The first-order chi connectivity index (χ1) is 13.6. The van der Waals surface area contributed by atoms with Crippen LogP contribution in [0.25, 0.3) is 11.4 Å². The molecule has 2 fully saturated rings. The molecule has 2 N–H and O–H groups in total. The van der Waals surface area contributed by atoms with Crippen molar-refractivity contribution in [1.29, 1.82) is 0 Å². The average Bonchev–Trinajstić information content (AvgIpc) is 3.36. The molecule has 1 saturated heterocycles. The van der Waals surface area contributed by atoms with Crippen LogP contribution in [0.2, 0.25) is 0 Å². The van der Waals surface area contributed by atoms with Crippen LogP contribution in [0.3, 0.4) is 0 Å². The molecule has 29 heavy (non-hydrogen) atoms. The predicted octanol–water partition coefficient (Wildman–Crippen LogP) is 3.06. The van der Waals surface area contributed by atoms with Crippen molar-refractivity contribution in [2.75, 3.05) is 13.1 Å². The van der Waals surface area contributed by atoms with E-state index in [0.29, 0.717) is 25.6 Å². The number of aromatic nitrogens is 3. The molecule has 9 heteroatoms. The summed E-state index contributed by atoms with van der Waals surface area (Å²) in [6.07, 6.45) is -1.97. The van der Waals surface area contributed by atoms with E-state index in [2.05, 4.69) is 15.2 Å². The maximum atomic E-state index is 13.0. The molecule has 0 spiro atoms. The number of hydrogen-bond acceptors (Lipinski definition) is 4. The van der Waals surface area contributed by atoms with Gasteiger partial charge in [0.25, 0.3) is 5.91 Å². The minimum absolute atomic E-state index is 0.151. The van der Waals surface area contributed by atoms with Gasteiger partial charge >= 0.3 is 6.18 Å². The number of alkyl halides is 3. The molecule has 1 saturated carbocycles. The van der Waals surface area contributed by atoms with E-state index in [1.54, 1.807) is 0 Å². The fourth-order valence-corrected chi connectivity index (χ4v) is 4.24. The van der Waals surface area contributed by atoms with Gasteiger partial charge in [-0.2, -0.15) is 18.3 Å². The zero-order valence-electron chi connectivity index (χ0n) is 16.0. The molecule has 2 heterocycles. The SMILES string of the molecule is C[C@@](O)(C(=O)N1CCC(C2(c3nc(-c4ccccc4)n[nH]3)CC2)CC1)C(F)(F)F. The maximum Gasteiger partial charge on any atom is 0.426 e. The molecule has 1 aliphatic carbocycles. The number of H-pyrrole nitrogens is 1. The molecular formula is C20H23F3N4O2.